The molecule has 0 unspecified atom stereocenters. The third kappa shape index (κ3) is 2.04. The summed E-state index contributed by atoms with van der Waals surface area (Å²) in [6.45, 7) is 0. The SMILES string of the molecule is Nc1c(-c2nc3ccccc3o2)sc(=S)n1-c1ccccc1. The predicted octanol–water partition coefficient (Wildman–Crippen LogP) is 4.66. The lowest BCUT2D eigenvalue weighted by atomic mass is 10.3. The average Bonchev–Trinajstić information content (AvgIpc) is 3.09. The van der Waals surface area contributed by atoms with Gasteiger partial charge in [0.1, 0.15) is 16.2 Å². The van der Waals surface area contributed by atoms with Gasteiger partial charge in [-0.1, -0.05) is 41.7 Å². The van der Waals surface area contributed by atoms with Crippen LogP contribution in [0, 0.1) is 3.95 Å². The zero-order chi connectivity index (χ0) is 15.1. The van der Waals surface area contributed by atoms with Crippen molar-refractivity contribution in [3.8, 4) is 16.5 Å². The highest BCUT2D eigenvalue weighted by molar-refractivity contribution is 7.73. The van der Waals surface area contributed by atoms with Gasteiger partial charge in [-0.3, -0.25) is 4.57 Å². The van der Waals surface area contributed by atoms with Gasteiger partial charge in [0.05, 0.1) is 0 Å². The fourth-order valence-electron chi connectivity index (χ4n) is 2.33. The zero-order valence-corrected chi connectivity index (χ0v) is 13.0. The first-order valence-corrected chi connectivity index (χ1v) is 7.89. The van der Waals surface area contributed by atoms with Gasteiger partial charge < -0.3 is 10.2 Å². The molecule has 0 saturated heterocycles. The lowest BCUT2D eigenvalue weighted by Crippen LogP contribution is -2.00. The van der Waals surface area contributed by atoms with Gasteiger partial charge in [-0.25, -0.2) is 4.98 Å². The number of nitrogens with zero attached hydrogens (tertiary/aromatic N) is 2. The van der Waals surface area contributed by atoms with Gasteiger partial charge >= 0.3 is 0 Å². The summed E-state index contributed by atoms with van der Waals surface area (Å²) in [6, 6.07) is 17.4. The highest BCUT2D eigenvalue weighted by Gasteiger charge is 2.18. The van der Waals surface area contributed by atoms with E-state index in [1.807, 2.05) is 59.2 Å². The summed E-state index contributed by atoms with van der Waals surface area (Å²) in [7, 11) is 0. The van der Waals surface area contributed by atoms with Gasteiger partial charge in [-0.05, 0) is 36.5 Å². The molecule has 0 fully saturated rings. The number of aromatic nitrogens is 2. The highest BCUT2D eigenvalue weighted by Crippen LogP contribution is 2.35. The quantitative estimate of drug-likeness (QED) is 0.545. The maximum atomic E-state index is 6.30. The topological polar surface area (TPSA) is 57.0 Å². The summed E-state index contributed by atoms with van der Waals surface area (Å²) >= 11 is 6.86. The van der Waals surface area contributed by atoms with Crippen LogP contribution in [0.4, 0.5) is 5.82 Å². The van der Waals surface area contributed by atoms with Gasteiger partial charge in [0, 0.05) is 5.69 Å². The van der Waals surface area contributed by atoms with Crippen LogP contribution in [0.15, 0.2) is 59.0 Å². The number of oxazole rings is 1. The Morgan fingerprint density at radius 3 is 2.55 bits per heavy atom. The Labute approximate surface area is 135 Å². The van der Waals surface area contributed by atoms with E-state index in [1.165, 1.54) is 11.3 Å². The number of rotatable bonds is 2. The second-order valence-corrected chi connectivity index (χ2v) is 6.38. The molecule has 6 heteroatoms. The van der Waals surface area contributed by atoms with E-state index in [0.717, 1.165) is 21.7 Å². The minimum Gasteiger partial charge on any atom is -0.435 e. The Kier molecular flexibility index (Phi) is 3.06. The smallest absolute Gasteiger partial charge is 0.241 e. The molecule has 2 heterocycles. The van der Waals surface area contributed by atoms with Crippen molar-refractivity contribution in [2.24, 2.45) is 0 Å². The third-order valence-corrected chi connectivity index (χ3v) is 4.73. The van der Waals surface area contributed by atoms with E-state index in [9.17, 15) is 0 Å². The molecular formula is C16H11N3OS2. The summed E-state index contributed by atoms with van der Waals surface area (Å²) in [5.74, 6) is 1.05. The number of fused-ring (bicyclic) bond motifs is 1. The van der Waals surface area contributed by atoms with Gasteiger partial charge in [-0.2, -0.15) is 0 Å². The summed E-state index contributed by atoms with van der Waals surface area (Å²) in [5, 5.41) is 0. The molecule has 4 nitrogen and oxygen atoms in total. The summed E-state index contributed by atoms with van der Waals surface area (Å²) in [4.78, 5) is 5.25. The first-order chi connectivity index (χ1) is 10.7. The van der Waals surface area contributed by atoms with E-state index in [1.54, 1.807) is 0 Å². The standard InChI is InChI=1S/C16H11N3OS2/c17-14-13(15-18-11-8-4-5-9-12(11)20-15)22-16(21)19(14)10-6-2-1-3-7-10/h1-9H,17H2. The minimum absolute atomic E-state index is 0.504. The highest BCUT2D eigenvalue weighted by atomic mass is 32.1. The first kappa shape index (κ1) is 13.2. The summed E-state index contributed by atoms with van der Waals surface area (Å²) < 4.78 is 8.30. The Morgan fingerprint density at radius 2 is 1.77 bits per heavy atom. The van der Waals surface area contributed by atoms with Gasteiger partial charge in [0.25, 0.3) is 0 Å². The maximum absolute atomic E-state index is 6.30. The molecule has 4 rings (SSSR count). The van der Waals surface area contributed by atoms with Gasteiger partial charge in [0.2, 0.25) is 5.89 Å². The lowest BCUT2D eigenvalue weighted by molar-refractivity contribution is 0.621. The molecule has 108 valence electrons. The number of para-hydroxylation sites is 3. The second-order valence-electron chi connectivity index (χ2n) is 4.74. The lowest BCUT2D eigenvalue weighted by Gasteiger charge is -2.04. The molecule has 22 heavy (non-hydrogen) atoms. The molecule has 2 aromatic heterocycles. The fourth-order valence-corrected chi connectivity index (χ4v) is 3.62. The number of anilines is 1. The summed E-state index contributed by atoms with van der Waals surface area (Å²) in [5.41, 5.74) is 8.78. The van der Waals surface area contributed by atoms with Crippen molar-refractivity contribution >= 4 is 40.5 Å². The number of hydrogen-bond donors (Lipinski definition) is 1. The third-order valence-electron chi connectivity index (χ3n) is 3.35. The zero-order valence-electron chi connectivity index (χ0n) is 11.4. The van der Waals surface area contributed by atoms with Crippen molar-refractivity contribution in [3.05, 3.63) is 58.6 Å². The van der Waals surface area contributed by atoms with Crippen LogP contribution >= 0.6 is 23.6 Å². The number of thiazole rings is 1. The van der Waals surface area contributed by atoms with E-state index in [4.69, 9.17) is 22.4 Å². The van der Waals surface area contributed by atoms with E-state index in [-0.39, 0.29) is 0 Å². The molecule has 4 aromatic rings. The van der Waals surface area contributed by atoms with E-state index < -0.39 is 0 Å². The van der Waals surface area contributed by atoms with Crippen LogP contribution in [0.1, 0.15) is 0 Å². The van der Waals surface area contributed by atoms with Crippen molar-refractivity contribution < 1.29 is 4.42 Å². The molecule has 0 aliphatic rings. The number of nitrogen functional groups attached to an aromatic ring is 1. The average molecular weight is 325 g/mol. The number of nitrogens with two attached hydrogens (primary N) is 1. The number of benzene rings is 2. The first-order valence-electron chi connectivity index (χ1n) is 6.67. The Morgan fingerprint density at radius 1 is 1.05 bits per heavy atom. The van der Waals surface area contributed by atoms with Crippen LogP contribution in [-0.4, -0.2) is 9.55 Å². The predicted molar refractivity (Wildman–Crippen MR) is 91.9 cm³/mol. The molecule has 0 aliphatic heterocycles. The molecule has 0 radical (unpaired) electrons. The normalized spacial score (nSPS) is 11.1. The van der Waals surface area contributed by atoms with Crippen molar-refractivity contribution in [2.75, 3.05) is 5.73 Å². The van der Waals surface area contributed by atoms with E-state index in [0.29, 0.717) is 15.7 Å². The maximum Gasteiger partial charge on any atom is 0.241 e. The molecule has 0 spiro atoms. The molecule has 0 bridgehead atoms. The van der Waals surface area contributed by atoms with Crippen molar-refractivity contribution in [3.63, 3.8) is 0 Å². The van der Waals surface area contributed by atoms with Crippen molar-refractivity contribution in [2.45, 2.75) is 0 Å². The second kappa shape index (κ2) is 5.08. The molecule has 0 saturated carbocycles. The van der Waals surface area contributed by atoms with Crippen LogP contribution in [-0.2, 0) is 0 Å². The molecule has 0 amide bonds. The monoisotopic (exact) mass is 325 g/mol. The van der Waals surface area contributed by atoms with Crippen LogP contribution in [0.5, 0.6) is 0 Å². The van der Waals surface area contributed by atoms with Crippen molar-refractivity contribution in [1.29, 1.82) is 0 Å². The van der Waals surface area contributed by atoms with Crippen LogP contribution in [0.25, 0.3) is 27.6 Å². The number of hydrogen-bond acceptors (Lipinski definition) is 5. The largest absolute Gasteiger partial charge is 0.435 e. The van der Waals surface area contributed by atoms with Crippen molar-refractivity contribution in [1.82, 2.24) is 9.55 Å². The van der Waals surface area contributed by atoms with Gasteiger partial charge in [-0.15, -0.1) is 0 Å². The fraction of sp³-hybridized carbons (Fsp3) is 0. The van der Waals surface area contributed by atoms with Gasteiger partial charge in [0.15, 0.2) is 9.54 Å². The molecule has 2 N–H and O–H groups in total. The van der Waals surface area contributed by atoms with Crippen LogP contribution < -0.4 is 5.73 Å². The van der Waals surface area contributed by atoms with E-state index in [2.05, 4.69) is 4.98 Å². The Hall–Kier alpha value is -2.44. The molecule has 0 atom stereocenters. The molecular weight excluding hydrogens is 314 g/mol. The Bertz CT molecular complexity index is 982. The molecule has 2 aromatic carbocycles. The minimum atomic E-state index is 0.504. The molecule has 0 aliphatic carbocycles. The Balaban J connectivity index is 1.92. The van der Waals surface area contributed by atoms with Crippen LogP contribution in [0.3, 0.4) is 0 Å². The van der Waals surface area contributed by atoms with E-state index >= 15 is 0 Å². The summed E-state index contributed by atoms with van der Waals surface area (Å²) in [6.07, 6.45) is 0. The van der Waals surface area contributed by atoms with Crippen LogP contribution in [0.2, 0.25) is 0 Å².